The van der Waals surface area contributed by atoms with Gasteiger partial charge in [0.1, 0.15) is 5.82 Å². The number of anilines is 1. The van der Waals surface area contributed by atoms with Crippen molar-refractivity contribution in [3.05, 3.63) is 98.7 Å². The molecule has 0 bridgehead atoms. The fourth-order valence-corrected chi connectivity index (χ4v) is 4.80. The standard InChI is InChI=1S/C27H24Cl2F6N4O/c1-5-38-21-8-9-23(39(22(21)14-36-38)18-6-7-19(28)20(29)13-18)37(4)24(40)25(2,3)15-10-16(26(30,31)32)12-17(11-15)27(33,34)35/h6-14,36H,5H2,1-4H3. The van der Waals surface area contributed by atoms with Crippen molar-refractivity contribution in [2.45, 2.75) is 38.5 Å². The minimum atomic E-state index is -5.05. The molecule has 40 heavy (non-hydrogen) atoms. The Balaban J connectivity index is 1.81. The second-order valence-electron chi connectivity index (χ2n) is 9.70. The Labute approximate surface area is 236 Å². The molecule has 0 aromatic heterocycles. The van der Waals surface area contributed by atoms with Gasteiger partial charge < -0.3 is 10.3 Å². The molecule has 0 radical (unpaired) electrons. The van der Waals surface area contributed by atoms with E-state index in [0.29, 0.717) is 35.1 Å². The third-order valence-electron chi connectivity index (χ3n) is 6.74. The number of rotatable bonds is 5. The van der Waals surface area contributed by atoms with Crippen molar-refractivity contribution < 1.29 is 31.1 Å². The van der Waals surface area contributed by atoms with Crippen LogP contribution in [-0.2, 0) is 22.6 Å². The Morgan fingerprint density at radius 3 is 1.98 bits per heavy atom. The third kappa shape index (κ3) is 5.36. The number of carbonyl (C=O) groups is 1. The number of hydrogen-bond acceptors (Lipinski definition) is 4. The predicted molar refractivity (Wildman–Crippen MR) is 141 cm³/mol. The molecule has 2 aliphatic heterocycles. The molecule has 2 aromatic rings. The first-order valence-corrected chi connectivity index (χ1v) is 12.7. The molecule has 2 aliphatic rings. The average molecular weight is 605 g/mol. The van der Waals surface area contributed by atoms with E-state index >= 15 is 0 Å². The summed E-state index contributed by atoms with van der Waals surface area (Å²) in [6, 6.07) is 6.02. The quantitative estimate of drug-likeness (QED) is 0.355. The Bertz CT molecular complexity index is 1410. The summed E-state index contributed by atoms with van der Waals surface area (Å²) in [5, 5.41) is 2.39. The second-order valence-corrected chi connectivity index (χ2v) is 10.5. The normalized spacial score (nSPS) is 15.8. The van der Waals surface area contributed by atoms with Gasteiger partial charge in [-0.15, -0.1) is 0 Å². The maximum absolute atomic E-state index is 13.9. The first-order chi connectivity index (χ1) is 18.5. The van der Waals surface area contributed by atoms with E-state index in [0.717, 1.165) is 5.70 Å². The van der Waals surface area contributed by atoms with E-state index in [2.05, 4.69) is 5.43 Å². The number of carbonyl (C=O) groups excluding carboxylic acids is 1. The van der Waals surface area contributed by atoms with Crippen molar-refractivity contribution in [1.29, 1.82) is 0 Å². The lowest BCUT2D eigenvalue weighted by Crippen LogP contribution is -2.46. The molecule has 0 fully saturated rings. The molecule has 0 unspecified atom stereocenters. The summed E-state index contributed by atoms with van der Waals surface area (Å²) in [6.07, 6.45) is -5.01. The zero-order chi connectivity index (χ0) is 29.8. The molecule has 5 nitrogen and oxygen atoms in total. The van der Waals surface area contributed by atoms with Gasteiger partial charge in [0, 0.05) is 25.5 Å². The van der Waals surface area contributed by atoms with E-state index in [1.54, 1.807) is 41.5 Å². The summed E-state index contributed by atoms with van der Waals surface area (Å²) < 4.78 is 81.2. The zero-order valence-corrected chi connectivity index (χ0v) is 23.2. The lowest BCUT2D eigenvalue weighted by molar-refractivity contribution is -0.143. The van der Waals surface area contributed by atoms with Gasteiger partial charge in [-0.05, 0) is 74.9 Å². The first-order valence-electron chi connectivity index (χ1n) is 12.0. The zero-order valence-electron chi connectivity index (χ0n) is 21.7. The van der Waals surface area contributed by atoms with Crippen LogP contribution in [0.5, 0.6) is 0 Å². The lowest BCUT2D eigenvalue weighted by atomic mass is 9.81. The summed E-state index contributed by atoms with van der Waals surface area (Å²) in [4.78, 5) is 16.8. The molecule has 214 valence electrons. The maximum Gasteiger partial charge on any atom is 0.416 e. The van der Waals surface area contributed by atoms with E-state index in [-0.39, 0.29) is 16.9 Å². The van der Waals surface area contributed by atoms with Crippen LogP contribution < -0.4 is 10.3 Å². The van der Waals surface area contributed by atoms with Crippen molar-refractivity contribution in [3.8, 4) is 0 Å². The van der Waals surface area contributed by atoms with Gasteiger partial charge in [-0.2, -0.15) is 26.3 Å². The minimum Gasteiger partial charge on any atom is -0.303 e. The maximum atomic E-state index is 13.9. The van der Waals surface area contributed by atoms with Crippen LogP contribution >= 0.6 is 23.2 Å². The topological polar surface area (TPSA) is 38.8 Å². The van der Waals surface area contributed by atoms with Crippen LogP contribution in [0.4, 0.5) is 32.0 Å². The molecular formula is C27H24Cl2F6N4O. The largest absolute Gasteiger partial charge is 0.416 e. The van der Waals surface area contributed by atoms with Crippen LogP contribution in [0.2, 0.25) is 10.0 Å². The van der Waals surface area contributed by atoms with E-state index in [1.807, 2.05) is 11.9 Å². The SMILES string of the molecule is CCN1NC=C2C1=CC=C(N(C)C(=O)C(C)(C)c1cc(C(F)(F)F)cc(C(F)(F)F)c1)N2c1ccc(Cl)c(Cl)c1. The number of benzene rings is 2. The van der Waals surface area contributed by atoms with Crippen LogP contribution in [-0.4, -0.2) is 29.4 Å². The molecule has 0 saturated heterocycles. The number of hydrazine groups is 1. The number of hydrogen-bond donors (Lipinski definition) is 1. The monoisotopic (exact) mass is 604 g/mol. The highest BCUT2D eigenvalue weighted by Crippen LogP contribution is 2.42. The summed E-state index contributed by atoms with van der Waals surface area (Å²) >= 11 is 12.4. The molecular weight excluding hydrogens is 581 g/mol. The number of halogens is 8. The van der Waals surface area contributed by atoms with E-state index in [9.17, 15) is 31.1 Å². The summed E-state index contributed by atoms with van der Waals surface area (Å²) in [7, 11) is 1.40. The van der Waals surface area contributed by atoms with Crippen LogP contribution in [0, 0.1) is 0 Å². The molecule has 2 heterocycles. The Morgan fingerprint density at radius 2 is 1.45 bits per heavy atom. The number of alkyl halides is 6. The average Bonchev–Trinajstić information content (AvgIpc) is 3.31. The molecule has 1 N–H and O–H groups in total. The first kappa shape index (κ1) is 29.7. The number of nitrogens with one attached hydrogen (secondary N) is 1. The Morgan fingerprint density at radius 1 is 0.875 bits per heavy atom. The van der Waals surface area contributed by atoms with Crippen LogP contribution in [0.3, 0.4) is 0 Å². The van der Waals surface area contributed by atoms with Crippen LogP contribution in [0.25, 0.3) is 0 Å². The van der Waals surface area contributed by atoms with Gasteiger partial charge >= 0.3 is 12.4 Å². The second kappa shape index (κ2) is 10.3. The summed E-state index contributed by atoms with van der Waals surface area (Å²) in [5.74, 6) is -0.457. The Kier molecular flexibility index (Phi) is 7.61. The van der Waals surface area contributed by atoms with Gasteiger partial charge in [-0.1, -0.05) is 23.2 Å². The molecule has 4 rings (SSSR count). The highest BCUT2D eigenvalue weighted by atomic mass is 35.5. The number of fused-ring (bicyclic) bond motifs is 1. The molecule has 0 spiro atoms. The van der Waals surface area contributed by atoms with Crippen LogP contribution in [0.1, 0.15) is 37.5 Å². The van der Waals surface area contributed by atoms with Gasteiger partial charge in [0.2, 0.25) is 5.91 Å². The number of allylic oxidation sites excluding steroid dienone is 2. The molecule has 0 aliphatic carbocycles. The smallest absolute Gasteiger partial charge is 0.303 e. The molecule has 0 atom stereocenters. The molecule has 1 amide bonds. The van der Waals surface area contributed by atoms with Crippen molar-refractivity contribution in [2.75, 3.05) is 18.5 Å². The van der Waals surface area contributed by atoms with Gasteiger partial charge in [0.25, 0.3) is 0 Å². The van der Waals surface area contributed by atoms with Gasteiger partial charge in [0.15, 0.2) is 0 Å². The third-order valence-corrected chi connectivity index (χ3v) is 7.48. The number of amides is 1. The number of likely N-dealkylation sites (N-methyl/N-ethyl adjacent to an activating group) is 2. The van der Waals surface area contributed by atoms with E-state index in [1.165, 1.54) is 25.8 Å². The highest BCUT2D eigenvalue weighted by molar-refractivity contribution is 6.42. The highest BCUT2D eigenvalue weighted by Gasteiger charge is 2.42. The Hall–Kier alpha value is -3.31. The van der Waals surface area contributed by atoms with Crippen LogP contribution in [0.15, 0.2) is 72.0 Å². The van der Waals surface area contributed by atoms with E-state index in [4.69, 9.17) is 23.2 Å². The molecule has 0 saturated carbocycles. The van der Waals surface area contributed by atoms with Gasteiger partial charge in [-0.25, -0.2) is 0 Å². The fraction of sp³-hybridized carbons (Fsp3) is 0.296. The van der Waals surface area contributed by atoms with E-state index < -0.39 is 40.4 Å². The van der Waals surface area contributed by atoms with Crippen molar-refractivity contribution >= 4 is 34.8 Å². The molecule has 13 heteroatoms. The summed E-state index contributed by atoms with van der Waals surface area (Å²) in [6.45, 7) is 5.09. The van der Waals surface area contributed by atoms with Crippen molar-refractivity contribution in [2.24, 2.45) is 0 Å². The van der Waals surface area contributed by atoms with Crippen molar-refractivity contribution in [1.82, 2.24) is 15.3 Å². The predicted octanol–water partition coefficient (Wildman–Crippen LogP) is 7.69. The lowest BCUT2D eigenvalue weighted by Gasteiger charge is -2.39. The summed E-state index contributed by atoms with van der Waals surface area (Å²) in [5.41, 5.74) is -0.178. The van der Waals surface area contributed by atoms with Gasteiger partial charge in [0.05, 0.1) is 38.0 Å². The van der Waals surface area contributed by atoms with Gasteiger partial charge in [-0.3, -0.25) is 14.7 Å². The fourth-order valence-electron chi connectivity index (χ4n) is 4.51. The molecule has 2 aromatic carbocycles. The number of nitrogens with zero attached hydrogens (tertiary/aromatic N) is 3. The van der Waals surface area contributed by atoms with Crippen molar-refractivity contribution in [3.63, 3.8) is 0 Å². The minimum absolute atomic E-state index is 0.0365.